The van der Waals surface area contributed by atoms with E-state index < -0.39 is 6.04 Å². The summed E-state index contributed by atoms with van der Waals surface area (Å²) in [6.45, 7) is 3.05. The molecule has 0 spiro atoms. The predicted octanol–water partition coefficient (Wildman–Crippen LogP) is 0.583. The van der Waals surface area contributed by atoms with Crippen LogP contribution < -0.4 is 5.73 Å². The number of hydrogen-bond donors (Lipinski definition) is 1. The first-order valence-corrected chi connectivity index (χ1v) is 7.28. The number of nitrogens with zero attached hydrogens (tertiary/aromatic N) is 2. The molecule has 1 aliphatic carbocycles. The summed E-state index contributed by atoms with van der Waals surface area (Å²) in [6.07, 6.45) is 5.11. The molecule has 108 valence electrons. The summed E-state index contributed by atoms with van der Waals surface area (Å²) in [7, 11) is 1.87. The fourth-order valence-corrected chi connectivity index (χ4v) is 2.96. The topological polar surface area (TPSA) is 66.6 Å². The Morgan fingerprint density at radius 1 is 1.21 bits per heavy atom. The van der Waals surface area contributed by atoms with Gasteiger partial charge in [-0.05, 0) is 38.0 Å². The van der Waals surface area contributed by atoms with Crippen molar-refractivity contribution in [2.24, 2.45) is 11.7 Å². The molecule has 0 bridgehead atoms. The molecule has 0 aromatic heterocycles. The van der Waals surface area contributed by atoms with Gasteiger partial charge in [0.05, 0.1) is 6.04 Å². The van der Waals surface area contributed by atoms with Gasteiger partial charge in [0.1, 0.15) is 0 Å². The molecule has 1 aliphatic heterocycles. The second-order valence-electron chi connectivity index (χ2n) is 5.90. The van der Waals surface area contributed by atoms with Crippen LogP contribution in [-0.2, 0) is 9.59 Å². The Morgan fingerprint density at radius 2 is 1.79 bits per heavy atom. The molecule has 0 aromatic carbocycles. The molecule has 2 amide bonds. The van der Waals surface area contributed by atoms with Crippen LogP contribution in [0.5, 0.6) is 0 Å². The minimum Gasteiger partial charge on any atom is -0.343 e. The highest BCUT2D eigenvalue weighted by Crippen LogP contribution is 2.26. The van der Waals surface area contributed by atoms with E-state index in [0.717, 1.165) is 38.8 Å². The van der Waals surface area contributed by atoms with E-state index >= 15 is 0 Å². The quantitative estimate of drug-likeness (QED) is 0.813. The maximum atomic E-state index is 12.3. The van der Waals surface area contributed by atoms with Crippen molar-refractivity contribution in [2.75, 3.05) is 20.1 Å². The third-order valence-corrected chi connectivity index (χ3v) is 4.75. The highest BCUT2D eigenvalue weighted by Gasteiger charge is 2.34. The summed E-state index contributed by atoms with van der Waals surface area (Å²) in [5, 5.41) is 0. The van der Waals surface area contributed by atoms with Gasteiger partial charge < -0.3 is 15.5 Å². The van der Waals surface area contributed by atoms with E-state index in [-0.39, 0.29) is 17.7 Å². The molecule has 19 heavy (non-hydrogen) atoms. The van der Waals surface area contributed by atoms with Crippen molar-refractivity contribution in [3.8, 4) is 0 Å². The van der Waals surface area contributed by atoms with E-state index in [9.17, 15) is 9.59 Å². The molecular weight excluding hydrogens is 242 g/mol. The van der Waals surface area contributed by atoms with Gasteiger partial charge in [0, 0.05) is 33.1 Å². The number of rotatable bonds is 3. The first kappa shape index (κ1) is 14.3. The molecule has 2 rings (SSSR count). The Bertz CT molecular complexity index is 347. The van der Waals surface area contributed by atoms with E-state index in [1.54, 1.807) is 6.92 Å². The molecule has 5 nitrogen and oxygen atoms in total. The van der Waals surface area contributed by atoms with Crippen molar-refractivity contribution in [3.63, 3.8) is 0 Å². The Kier molecular flexibility index (Phi) is 4.45. The standard InChI is InChI=1S/C14H25N3O2/c1-10(18)17-8-6-11(7-9-17)13(15)14(19)16(2)12-4-3-5-12/h11-13H,3-9,15H2,1-2H3. The molecule has 0 aromatic rings. The Balaban J connectivity index is 1.84. The monoisotopic (exact) mass is 267 g/mol. The minimum absolute atomic E-state index is 0.0750. The number of carbonyl (C=O) groups is 2. The third-order valence-electron chi connectivity index (χ3n) is 4.75. The van der Waals surface area contributed by atoms with Crippen LogP contribution in [0.2, 0.25) is 0 Å². The first-order valence-electron chi connectivity index (χ1n) is 7.28. The van der Waals surface area contributed by atoms with Crippen LogP contribution in [0.25, 0.3) is 0 Å². The van der Waals surface area contributed by atoms with Gasteiger partial charge in [-0.15, -0.1) is 0 Å². The van der Waals surface area contributed by atoms with Crippen molar-refractivity contribution < 1.29 is 9.59 Å². The average molecular weight is 267 g/mol. The molecular formula is C14H25N3O2. The smallest absolute Gasteiger partial charge is 0.239 e. The van der Waals surface area contributed by atoms with Crippen LogP contribution in [0, 0.1) is 5.92 Å². The van der Waals surface area contributed by atoms with Crippen molar-refractivity contribution >= 4 is 11.8 Å². The number of nitrogens with two attached hydrogens (primary N) is 1. The minimum atomic E-state index is -0.403. The molecule has 1 saturated heterocycles. The van der Waals surface area contributed by atoms with Crippen LogP contribution in [0.1, 0.15) is 39.0 Å². The highest BCUT2D eigenvalue weighted by atomic mass is 16.2. The number of piperidine rings is 1. The molecule has 2 fully saturated rings. The molecule has 5 heteroatoms. The van der Waals surface area contributed by atoms with E-state index in [1.165, 1.54) is 6.42 Å². The Labute approximate surface area is 115 Å². The maximum Gasteiger partial charge on any atom is 0.239 e. The Morgan fingerprint density at radius 3 is 2.21 bits per heavy atom. The normalized spacial score (nSPS) is 22.8. The lowest BCUT2D eigenvalue weighted by atomic mass is 9.87. The van der Waals surface area contributed by atoms with Crippen LogP contribution in [0.4, 0.5) is 0 Å². The van der Waals surface area contributed by atoms with Gasteiger partial charge in [0.2, 0.25) is 11.8 Å². The number of carbonyl (C=O) groups excluding carboxylic acids is 2. The maximum absolute atomic E-state index is 12.3. The van der Waals surface area contributed by atoms with Crippen LogP contribution in [-0.4, -0.2) is 53.8 Å². The first-order chi connectivity index (χ1) is 9.00. The van der Waals surface area contributed by atoms with Crippen molar-refractivity contribution in [2.45, 2.75) is 51.1 Å². The number of likely N-dealkylation sites (N-methyl/N-ethyl adjacent to an activating group) is 1. The van der Waals surface area contributed by atoms with Crippen molar-refractivity contribution in [1.82, 2.24) is 9.80 Å². The lowest BCUT2D eigenvalue weighted by molar-refractivity contribution is -0.137. The van der Waals surface area contributed by atoms with Gasteiger partial charge in [-0.2, -0.15) is 0 Å². The summed E-state index contributed by atoms with van der Waals surface area (Å²) < 4.78 is 0. The summed E-state index contributed by atoms with van der Waals surface area (Å²) in [6, 6.07) is -0.00410. The molecule has 1 saturated carbocycles. The van der Waals surface area contributed by atoms with E-state index in [4.69, 9.17) is 5.73 Å². The van der Waals surface area contributed by atoms with Gasteiger partial charge >= 0.3 is 0 Å². The number of amides is 2. The molecule has 2 aliphatic rings. The van der Waals surface area contributed by atoms with E-state index in [2.05, 4.69) is 0 Å². The third kappa shape index (κ3) is 3.08. The average Bonchev–Trinajstić information content (AvgIpc) is 2.35. The second-order valence-corrected chi connectivity index (χ2v) is 5.90. The summed E-state index contributed by atoms with van der Waals surface area (Å²) in [4.78, 5) is 27.3. The number of likely N-dealkylation sites (tertiary alicyclic amines) is 1. The molecule has 2 N–H and O–H groups in total. The zero-order chi connectivity index (χ0) is 14.0. The zero-order valence-corrected chi connectivity index (χ0v) is 12.0. The second kappa shape index (κ2) is 5.90. The summed E-state index contributed by atoms with van der Waals surface area (Å²) in [5.41, 5.74) is 6.14. The fourth-order valence-electron chi connectivity index (χ4n) is 2.96. The molecule has 1 heterocycles. The van der Waals surface area contributed by atoms with Crippen molar-refractivity contribution in [3.05, 3.63) is 0 Å². The van der Waals surface area contributed by atoms with Crippen molar-refractivity contribution in [1.29, 1.82) is 0 Å². The van der Waals surface area contributed by atoms with Gasteiger partial charge in [-0.25, -0.2) is 0 Å². The highest BCUT2D eigenvalue weighted by molar-refractivity contribution is 5.82. The zero-order valence-electron chi connectivity index (χ0n) is 12.0. The lowest BCUT2D eigenvalue weighted by Gasteiger charge is -2.39. The largest absolute Gasteiger partial charge is 0.343 e. The number of hydrogen-bond acceptors (Lipinski definition) is 3. The van der Waals surface area contributed by atoms with E-state index in [1.807, 2.05) is 16.8 Å². The van der Waals surface area contributed by atoms with Crippen LogP contribution >= 0.6 is 0 Å². The molecule has 1 atom stereocenters. The Hall–Kier alpha value is -1.10. The van der Waals surface area contributed by atoms with Gasteiger partial charge in [0.25, 0.3) is 0 Å². The summed E-state index contributed by atoms with van der Waals surface area (Å²) in [5.74, 6) is 0.404. The lowest BCUT2D eigenvalue weighted by Crippen LogP contribution is -2.53. The molecule has 0 radical (unpaired) electrons. The van der Waals surface area contributed by atoms with Gasteiger partial charge in [-0.3, -0.25) is 9.59 Å². The fraction of sp³-hybridized carbons (Fsp3) is 0.857. The summed E-state index contributed by atoms with van der Waals surface area (Å²) >= 11 is 0. The van der Waals surface area contributed by atoms with Crippen LogP contribution in [0.3, 0.4) is 0 Å². The van der Waals surface area contributed by atoms with Gasteiger partial charge in [0.15, 0.2) is 0 Å². The van der Waals surface area contributed by atoms with Gasteiger partial charge in [-0.1, -0.05) is 0 Å². The van der Waals surface area contributed by atoms with Crippen LogP contribution in [0.15, 0.2) is 0 Å². The predicted molar refractivity (Wildman–Crippen MR) is 73.4 cm³/mol. The van der Waals surface area contributed by atoms with E-state index in [0.29, 0.717) is 6.04 Å². The molecule has 1 unspecified atom stereocenters. The SMILES string of the molecule is CC(=O)N1CCC(C(N)C(=O)N(C)C2CCC2)CC1.